The van der Waals surface area contributed by atoms with Gasteiger partial charge in [0.05, 0.1) is 6.04 Å². The van der Waals surface area contributed by atoms with Gasteiger partial charge in [-0.05, 0) is 12.8 Å². The monoisotopic (exact) mass is 217 g/mol. The first-order valence-corrected chi connectivity index (χ1v) is 4.83. The van der Waals surface area contributed by atoms with E-state index in [2.05, 4.69) is 4.74 Å². The lowest BCUT2D eigenvalue weighted by molar-refractivity contribution is -0.144. The molecule has 15 heavy (non-hydrogen) atoms. The molecule has 0 aromatic carbocycles. The number of nitrogens with zero attached hydrogens (tertiary/aromatic N) is 1. The first-order valence-electron chi connectivity index (χ1n) is 4.83. The summed E-state index contributed by atoms with van der Waals surface area (Å²) in [6.07, 6.45) is -0.644. The molecule has 1 aliphatic rings. The average Bonchev–Trinajstić information content (AvgIpc) is 2.62. The number of amides is 1. The third-order valence-corrected chi connectivity index (χ3v) is 2.45. The Kier molecular flexibility index (Phi) is 3.90. The van der Waals surface area contributed by atoms with Crippen LogP contribution in [-0.2, 0) is 9.53 Å². The standard InChI is InChI=1S/C9H15NO5/c1-6(11)15-5-8(12)7-3-2-4-10(7)9(13)14/h7-8,12H,2-5H2,1H3,(H,13,14)/t7-,8?/m0/s1. The van der Waals surface area contributed by atoms with Crippen molar-refractivity contribution in [1.29, 1.82) is 0 Å². The van der Waals surface area contributed by atoms with E-state index in [1.54, 1.807) is 0 Å². The normalized spacial score (nSPS) is 22.5. The minimum atomic E-state index is -1.04. The van der Waals surface area contributed by atoms with Gasteiger partial charge in [0, 0.05) is 13.5 Å². The molecule has 0 radical (unpaired) electrons. The summed E-state index contributed by atoms with van der Waals surface area (Å²) in [6.45, 7) is 1.53. The summed E-state index contributed by atoms with van der Waals surface area (Å²) in [6, 6.07) is -0.457. The Hall–Kier alpha value is -1.30. The van der Waals surface area contributed by atoms with Crippen molar-refractivity contribution in [3.8, 4) is 0 Å². The highest BCUT2D eigenvalue weighted by Gasteiger charge is 2.34. The molecule has 1 heterocycles. The maximum absolute atomic E-state index is 10.8. The number of aliphatic hydroxyl groups excluding tert-OH is 1. The van der Waals surface area contributed by atoms with E-state index in [9.17, 15) is 14.7 Å². The molecule has 0 spiro atoms. The molecular weight excluding hydrogens is 202 g/mol. The number of aliphatic hydroxyl groups is 1. The number of rotatable bonds is 3. The summed E-state index contributed by atoms with van der Waals surface area (Å²) in [5.74, 6) is -0.478. The van der Waals surface area contributed by atoms with Gasteiger partial charge in [-0.1, -0.05) is 0 Å². The highest BCUT2D eigenvalue weighted by molar-refractivity contribution is 5.66. The predicted octanol–water partition coefficient (Wildman–Crippen LogP) is 0.0528. The Balaban J connectivity index is 2.47. The van der Waals surface area contributed by atoms with Crippen LogP contribution in [0, 0.1) is 0 Å². The summed E-state index contributed by atoms with van der Waals surface area (Å²) in [5.41, 5.74) is 0. The number of likely N-dealkylation sites (tertiary alicyclic amines) is 1. The van der Waals surface area contributed by atoms with Crippen LogP contribution >= 0.6 is 0 Å². The second-order valence-electron chi connectivity index (χ2n) is 3.56. The molecule has 1 rings (SSSR count). The molecule has 1 amide bonds. The van der Waals surface area contributed by atoms with Crippen molar-refractivity contribution in [2.75, 3.05) is 13.2 Å². The van der Waals surface area contributed by atoms with Crippen LogP contribution in [0.5, 0.6) is 0 Å². The zero-order valence-electron chi connectivity index (χ0n) is 8.55. The fourth-order valence-corrected chi connectivity index (χ4v) is 1.74. The van der Waals surface area contributed by atoms with Crippen molar-refractivity contribution in [3.05, 3.63) is 0 Å². The fraction of sp³-hybridized carbons (Fsp3) is 0.778. The minimum Gasteiger partial charge on any atom is -0.465 e. The second-order valence-corrected chi connectivity index (χ2v) is 3.56. The number of hydrogen-bond donors (Lipinski definition) is 2. The molecule has 6 heteroatoms. The van der Waals surface area contributed by atoms with E-state index in [0.29, 0.717) is 13.0 Å². The molecule has 0 aliphatic carbocycles. The third kappa shape index (κ3) is 3.09. The molecule has 0 aromatic heterocycles. The van der Waals surface area contributed by atoms with Gasteiger partial charge in [0.15, 0.2) is 0 Å². The van der Waals surface area contributed by atoms with Crippen LogP contribution in [0.25, 0.3) is 0 Å². The molecule has 1 aliphatic heterocycles. The largest absolute Gasteiger partial charge is 0.465 e. The van der Waals surface area contributed by atoms with E-state index in [1.165, 1.54) is 11.8 Å². The van der Waals surface area contributed by atoms with Crippen LogP contribution in [0.3, 0.4) is 0 Å². The smallest absolute Gasteiger partial charge is 0.407 e. The van der Waals surface area contributed by atoms with Gasteiger partial charge in [-0.2, -0.15) is 0 Å². The Labute approximate surface area is 87.4 Å². The molecule has 2 atom stereocenters. The first kappa shape index (κ1) is 11.8. The minimum absolute atomic E-state index is 0.149. The van der Waals surface area contributed by atoms with Crippen molar-refractivity contribution < 1.29 is 24.5 Å². The van der Waals surface area contributed by atoms with Crippen LogP contribution in [-0.4, -0.2) is 52.5 Å². The molecule has 1 unspecified atom stereocenters. The Morgan fingerprint density at radius 1 is 1.60 bits per heavy atom. The van der Waals surface area contributed by atoms with Gasteiger partial charge in [-0.25, -0.2) is 4.79 Å². The zero-order chi connectivity index (χ0) is 11.4. The van der Waals surface area contributed by atoms with E-state index in [0.717, 1.165) is 6.42 Å². The quantitative estimate of drug-likeness (QED) is 0.652. The fourth-order valence-electron chi connectivity index (χ4n) is 1.74. The molecular formula is C9H15NO5. The van der Waals surface area contributed by atoms with Crippen LogP contribution in [0.1, 0.15) is 19.8 Å². The van der Waals surface area contributed by atoms with E-state index >= 15 is 0 Å². The summed E-state index contributed by atoms with van der Waals surface area (Å²) in [4.78, 5) is 22.5. The Bertz CT molecular complexity index is 255. The summed E-state index contributed by atoms with van der Waals surface area (Å²) in [7, 11) is 0. The molecule has 1 saturated heterocycles. The predicted molar refractivity (Wildman–Crippen MR) is 50.4 cm³/mol. The Morgan fingerprint density at radius 2 is 2.27 bits per heavy atom. The van der Waals surface area contributed by atoms with E-state index in [4.69, 9.17) is 5.11 Å². The van der Waals surface area contributed by atoms with Crippen molar-refractivity contribution in [2.45, 2.75) is 31.9 Å². The van der Waals surface area contributed by atoms with E-state index in [1.807, 2.05) is 0 Å². The number of ether oxygens (including phenoxy) is 1. The number of carboxylic acid groups (broad SMARTS) is 1. The van der Waals surface area contributed by atoms with E-state index in [-0.39, 0.29) is 6.61 Å². The van der Waals surface area contributed by atoms with Gasteiger partial charge >= 0.3 is 12.1 Å². The van der Waals surface area contributed by atoms with Crippen molar-refractivity contribution >= 4 is 12.1 Å². The summed E-state index contributed by atoms with van der Waals surface area (Å²) < 4.78 is 4.64. The first-order chi connectivity index (χ1) is 7.02. The third-order valence-electron chi connectivity index (χ3n) is 2.45. The lowest BCUT2D eigenvalue weighted by atomic mass is 10.1. The van der Waals surface area contributed by atoms with Crippen LogP contribution < -0.4 is 0 Å². The van der Waals surface area contributed by atoms with Gasteiger partial charge in [-0.3, -0.25) is 4.79 Å². The van der Waals surface area contributed by atoms with Crippen molar-refractivity contribution in [1.82, 2.24) is 4.90 Å². The van der Waals surface area contributed by atoms with Crippen LogP contribution in [0.4, 0.5) is 4.79 Å². The number of carbonyl (C=O) groups is 2. The zero-order valence-corrected chi connectivity index (χ0v) is 8.55. The molecule has 0 bridgehead atoms. The maximum atomic E-state index is 10.8. The van der Waals surface area contributed by atoms with Gasteiger partial charge < -0.3 is 19.8 Å². The molecule has 1 fully saturated rings. The SMILES string of the molecule is CC(=O)OCC(O)[C@@H]1CCCN1C(=O)O. The highest BCUT2D eigenvalue weighted by atomic mass is 16.5. The second kappa shape index (κ2) is 4.97. The lowest BCUT2D eigenvalue weighted by Crippen LogP contribution is -2.44. The van der Waals surface area contributed by atoms with Crippen LogP contribution in [0.2, 0.25) is 0 Å². The maximum Gasteiger partial charge on any atom is 0.407 e. The number of esters is 1. The number of carbonyl (C=O) groups excluding carboxylic acids is 1. The van der Waals surface area contributed by atoms with Gasteiger partial charge in [0.2, 0.25) is 0 Å². The lowest BCUT2D eigenvalue weighted by Gasteiger charge is -2.25. The van der Waals surface area contributed by atoms with Gasteiger partial charge in [0.1, 0.15) is 12.7 Å². The van der Waals surface area contributed by atoms with E-state index < -0.39 is 24.2 Å². The molecule has 86 valence electrons. The average molecular weight is 217 g/mol. The van der Waals surface area contributed by atoms with Crippen molar-refractivity contribution in [3.63, 3.8) is 0 Å². The molecule has 2 N–H and O–H groups in total. The van der Waals surface area contributed by atoms with Gasteiger partial charge in [0.25, 0.3) is 0 Å². The topological polar surface area (TPSA) is 87.1 Å². The summed E-state index contributed by atoms with van der Waals surface area (Å²) >= 11 is 0. The molecule has 0 saturated carbocycles. The van der Waals surface area contributed by atoms with Gasteiger partial charge in [-0.15, -0.1) is 0 Å². The van der Waals surface area contributed by atoms with Crippen molar-refractivity contribution in [2.24, 2.45) is 0 Å². The Morgan fingerprint density at radius 3 is 2.80 bits per heavy atom. The summed E-state index contributed by atoms with van der Waals surface area (Å²) in [5, 5.41) is 18.5. The van der Waals surface area contributed by atoms with Crippen LogP contribution in [0.15, 0.2) is 0 Å². The number of hydrogen-bond acceptors (Lipinski definition) is 4. The highest BCUT2D eigenvalue weighted by Crippen LogP contribution is 2.20. The molecule has 6 nitrogen and oxygen atoms in total. The molecule has 0 aromatic rings.